The van der Waals surface area contributed by atoms with Crippen molar-refractivity contribution in [1.29, 1.82) is 0 Å². The zero-order valence-corrected chi connectivity index (χ0v) is 15.3. The maximum atomic E-state index is 13.1. The second-order valence-corrected chi connectivity index (χ2v) is 8.09. The Morgan fingerprint density at radius 2 is 1.84 bits per heavy atom. The third-order valence-electron chi connectivity index (χ3n) is 5.55. The molecule has 2 saturated heterocycles. The van der Waals surface area contributed by atoms with Gasteiger partial charge in [0.25, 0.3) is 5.79 Å². The molecule has 134 valence electrons. The topological polar surface area (TPSA) is 55.8 Å². The molecule has 0 radical (unpaired) electrons. The van der Waals surface area contributed by atoms with Crippen LogP contribution in [0.15, 0.2) is 18.2 Å². The van der Waals surface area contributed by atoms with Crippen LogP contribution in [-0.4, -0.2) is 30.3 Å². The fraction of sp³-hybridized carbons (Fsp3) is 0.579. The largest absolute Gasteiger partial charge is 0.422 e. The minimum Gasteiger partial charge on any atom is -0.422 e. The molecule has 5 nitrogen and oxygen atoms in total. The number of fused-ring (bicyclic) bond motifs is 4. The van der Waals surface area contributed by atoms with Crippen molar-refractivity contribution in [2.75, 3.05) is 11.4 Å². The average Bonchev–Trinajstić information content (AvgIpc) is 2.78. The summed E-state index contributed by atoms with van der Waals surface area (Å²) in [5, 5.41) is 0.660. The molecule has 0 aliphatic carbocycles. The molecule has 3 heterocycles. The number of esters is 2. The number of rotatable bonds is 0. The van der Waals surface area contributed by atoms with Crippen LogP contribution >= 0.6 is 11.6 Å². The van der Waals surface area contributed by atoms with E-state index >= 15 is 0 Å². The predicted octanol–water partition coefficient (Wildman–Crippen LogP) is 3.47. The summed E-state index contributed by atoms with van der Waals surface area (Å²) < 4.78 is 11.1. The van der Waals surface area contributed by atoms with E-state index in [1.54, 1.807) is 19.9 Å². The monoisotopic (exact) mass is 363 g/mol. The molecule has 25 heavy (non-hydrogen) atoms. The lowest BCUT2D eigenvalue weighted by molar-refractivity contribution is -0.253. The second-order valence-electron chi connectivity index (χ2n) is 7.66. The molecule has 0 aromatic heterocycles. The number of benzene rings is 1. The smallest absolute Gasteiger partial charge is 0.329 e. The van der Waals surface area contributed by atoms with Crippen LogP contribution in [0.25, 0.3) is 0 Å². The SMILES string of the molecule is CC1(C)OC(=O)C2(Cc3ccc(Cl)cc3N3CCCCC[C@H]32)C(=O)O1. The molecule has 1 atom stereocenters. The molecule has 0 unspecified atom stereocenters. The first-order valence-electron chi connectivity index (χ1n) is 8.85. The van der Waals surface area contributed by atoms with Crippen molar-refractivity contribution in [2.24, 2.45) is 5.41 Å². The van der Waals surface area contributed by atoms with E-state index in [1.165, 1.54) is 0 Å². The molecular formula is C19H22ClNO4. The molecule has 6 heteroatoms. The Bertz CT molecular complexity index is 725. The predicted molar refractivity (Wildman–Crippen MR) is 93.5 cm³/mol. The van der Waals surface area contributed by atoms with E-state index < -0.39 is 23.1 Å². The fourth-order valence-electron chi connectivity index (χ4n) is 4.43. The highest BCUT2D eigenvalue weighted by Gasteiger charge is 2.63. The van der Waals surface area contributed by atoms with Crippen LogP contribution in [0.2, 0.25) is 5.02 Å². The number of anilines is 1. The summed E-state index contributed by atoms with van der Waals surface area (Å²) in [6, 6.07) is 5.39. The van der Waals surface area contributed by atoms with Crippen LogP contribution in [0.5, 0.6) is 0 Å². The standard InChI is InChI=1S/C19H22ClNO4/c1-18(2)24-16(22)19(17(23)25-18)11-12-7-8-13(20)10-14(12)21-9-5-3-4-6-15(19)21/h7-8,10,15H,3-6,9,11H2,1-2H3/t15-/m0/s1. The molecular weight excluding hydrogens is 342 g/mol. The summed E-state index contributed by atoms with van der Waals surface area (Å²) in [5.74, 6) is -2.15. The van der Waals surface area contributed by atoms with Gasteiger partial charge in [0, 0.05) is 37.5 Å². The van der Waals surface area contributed by atoms with Gasteiger partial charge in [-0.1, -0.05) is 30.5 Å². The maximum Gasteiger partial charge on any atom is 0.329 e. The third kappa shape index (κ3) is 2.51. The van der Waals surface area contributed by atoms with Crippen LogP contribution in [0.4, 0.5) is 5.69 Å². The third-order valence-corrected chi connectivity index (χ3v) is 5.79. The van der Waals surface area contributed by atoms with Crippen molar-refractivity contribution >= 4 is 29.2 Å². The highest BCUT2D eigenvalue weighted by Crippen LogP contribution is 2.49. The first-order valence-corrected chi connectivity index (χ1v) is 9.23. The molecule has 1 spiro atoms. The fourth-order valence-corrected chi connectivity index (χ4v) is 4.60. The molecule has 2 fully saturated rings. The van der Waals surface area contributed by atoms with Crippen molar-refractivity contribution in [3.05, 3.63) is 28.8 Å². The Morgan fingerprint density at radius 3 is 2.56 bits per heavy atom. The molecule has 0 N–H and O–H groups in total. The summed E-state index contributed by atoms with van der Waals surface area (Å²) >= 11 is 6.21. The minimum absolute atomic E-state index is 0.253. The summed E-state index contributed by atoms with van der Waals surface area (Å²) in [6.45, 7) is 3.98. The molecule has 0 bridgehead atoms. The van der Waals surface area contributed by atoms with E-state index in [9.17, 15) is 9.59 Å². The number of halogens is 1. The van der Waals surface area contributed by atoms with Crippen molar-refractivity contribution < 1.29 is 19.1 Å². The summed E-state index contributed by atoms with van der Waals surface area (Å²) in [7, 11) is 0. The van der Waals surface area contributed by atoms with E-state index in [2.05, 4.69) is 4.90 Å². The molecule has 4 rings (SSSR count). The molecule has 3 aliphatic heterocycles. The second kappa shape index (κ2) is 5.63. The quantitative estimate of drug-likeness (QED) is 0.522. The lowest BCUT2D eigenvalue weighted by Crippen LogP contribution is -2.65. The minimum atomic E-state index is -1.29. The van der Waals surface area contributed by atoms with E-state index in [0.717, 1.165) is 43.5 Å². The Hall–Kier alpha value is -1.75. The van der Waals surface area contributed by atoms with Crippen molar-refractivity contribution in [1.82, 2.24) is 0 Å². The number of hydrogen-bond acceptors (Lipinski definition) is 5. The van der Waals surface area contributed by atoms with Gasteiger partial charge in [-0.15, -0.1) is 0 Å². The zero-order valence-electron chi connectivity index (χ0n) is 14.5. The number of nitrogens with zero attached hydrogens (tertiary/aromatic N) is 1. The van der Waals surface area contributed by atoms with Gasteiger partial charge in [0.05, 0.1) is 6.04 Å². The Morgan fingerprint density at radius 1 is 1.12 bits per heavy atom. The van der Waals surface area contributed by atoms with Gasteiger partial charge >= 0.3 is 11.9 Å². The van der Waals surface area contributed by atoms with Gasteiger partial charge in [-0.25, -0.2) is 0 Å². The van der Waals surface area contributed by atoms with Gasteiger partial charge in [-0.3, -0.25) is 9.59 Å². The van der Waals surface area contributed by atoms with Crippen molar-refractivity contribution in [3.8, 4) is 0 Å². The summed E-state index contributed by atoms with van der Waals surface area (Å²) in [5.41, 5.74) is 0.673. The van der Waals surface area contributed by atoms with Gasteiger partial charge in [0.1, 0.15) is 0 Å². The highest BCUT2D eigenvalue weighted by atomic mass is 35.5. The molecule has 1 aromatic carbocycles. The normalized spacial score (nSPS) is 27.0. The van der Waals surface area contributed by atoms with Crippen molar-refractivity contribution in [2.45, 2.75) is 57.8 Å². The zero-order chi connectivity index (χ0) is 17.8. The number of carbonyl (C=O) groups excluding carboxylic acids is 2. The highest BCUT2D eigenvalue weighted by molar-refractivity contribution is 6.30. The Kier molecular flexibility index (Phi) is 3.76. The first-order chi connectivity index (χ1) is 11.8. The lowest BCUT2D eigenvalue weighted by atomic mass is 9.69. The van der Waals surface area contributed by atoms with Crippen LogP contribution in [-0.2, 0) is 25.5 Å². The molecule has 0 amide bonds. The van der Waals surface area contributed by atoms with E-state index in [-0.39, 0.29) is 6.04 Å². The van der Waals surface area contributed by atoms with Crippen LogP contribution in [0, 0.1) is 5.41 Å². The average molecular weight is 364 g/mol. The maximum absolute atomic E-state index is 13.1. The number of cyclic esters (lactones) is 2. The lowest BCUT2D eigenvalue weighted by Gasteiger charge is -2.51. The Labute approximate surface area is 152 Å². The van der Waals surface area contributed by atoms with E-state index in [4.69, 9.17) is 21.1 Å². The van der Waals surface area contributed by atoms with Crippen LogP contribution in [0.1, 0.15) is 45.1 Å². The summed E-state index contributed by atoms with van der Waals surface area (Å²) in [4.78, 5) is 28.3. The molecule has 1 aromatic rings. The van der Waals surface area contributed by atoms with Crippen LogP contribution < -0.4 is 4.90 Å². The van der Waals surface area contributed by atoms with E-state index in [1.807, 2.05) is 12.1 Å². The van der Waals surface area contributed by atoms with E-state index in [0.29, 0.717) is 11.4 Å². The number of ether oxygens (including phenoxy) is 2. The van der Waals surface area contributed by atoms with Gasteiger partial charge in [-0.2, -0.15) is 0 Å². The van der Waals surface area contributed by atoms with Gasteiger partial charge in [0.15, 0.2) is 5.41 Å². The van der Waals surface area contributed by atoms with Gasteiger partial charge < -0.3 is 14.4 Å². The Balaban J connectivity index is 1.87. The molecule has 0 saturated carbocycles. The van der Waals surface area contributed by atoms with Crippen LogP contribution in [0.3, 0.4) is 0 Å². The summed E-state index contributed by atoms with van der Waals surface area (Å²) in [6.07, 6.45) is 4.14. The number of hydrogen-bond donors (Lipinski definition) is 0. The van der Waals surface area contributed by atoms with Crippen molar-refractivity contribution in [3.63, 3.8) is 0 Å². The molecule has 3 aliphatic rings. The number of carbonyl (C=O) groups is 2. The van der Waals surface area contributed by atoms with Gasteiger partial charge in [-0.05, 0) is 30.5 Å². The van der Waals surface area contributed by atoms with Gasteiger partial charge in [0.2, 0.25) is 0 Å². The first kappa shape index (κ1) is 16.7.